The molecule has 1 heterocycles. The highest BCUT2D eigenvalue weighted by molar-refractivity contribution is 6.03. The zero-order chi connectivity index (χ0) is 23.9. The Hall–Kier alpha value is -2.37. The third kappa shape index (κ3) is 7.64. The number of allylic oxidation sites excluding steroid dienone is 5. The number of ketones is 1. The summed E-state index contributed by atoms with van der Waals surface area (Å²) >= 11 is 0. The lowest BCUT2D eigenvalue weighted by Crippen LogP contribution is -2.36. The third-order valence-electron chi connectivity index (χ3n) is 6.02. The number of aromatic hydroxyl groups is 1. The predicted molar refractivity (Wildman–Crippen MR) is 128 cm³/mol. The molecule has 0 fully saturated rings. The Morgan fingerprint density at radius 2 is 1.97 bits per heavy atom. The zero-order valence-electron chi connectivity index (χ0n) is 20.3. The number of benzene rings is 1. The van der Waals surface area contributed by atoms with Crippen LogP contribution < -0.4 is 4.74 Å². The normalized spacial score (nSPS) is 19.7. The molecule has 0 bridgehead atoms. The van der Waals surface area contributed by atoms with E-state index in [1.54, 1.807) is 32.9 Å². The minimum Gasteiger partial charge on any atom is -0.508 e. The van der Waals surface area contributed by atoms with Crippen LogP contribution in [0.1, 0.15) is 77.8 Å². The van der Waals surface area contributed by atoms with Gasteiger partial charge in [-0.05, 0) is 121 Å². The number of hydrogen-bond acceptors (Lipinski definition) is 5. The van der Waals surface area contributed by atoms with Crippen LogP contribution in [0.4, 0.5) is 0 Å². The number of fused-ring (bicyclic) bond motifs is 1. The molecule has 2 N–H and O–H groups in total. The summed E-state index contributed by atoms with van der Waals surface area (Å²) in [4.78, 5) is 16.5. The number of hydrogen-bond donors (Lipinski definition) is 2. The summed E-state index contributed by atoms with van der Waals surface area (Å²) in [5.41, 5.74) is 2.98. The van der Waals surface area contributed by atoms with Crippen LogP contribution in [0.15, 0.2) is 47.6 Å². The van der Waals surface area contributed by atoms with Crippen LogP contribution in [0.5, 0.6) is 11.5 Å². The van der Waals surface area contributed by atoms with Crippen molar-refractivity contribution in [3.63, 3.8) is 0 Å². The Morgan fingerprint density at radius 1 is 1.25 bits per heavy atom. The van der Waals surface area contributed by atoms with Gasteiger partial charge in [-0.25, -0.2) is 4.89 Å². The van der Waals surface area contributed by atoms with E-state index in [0.29, 0.717) is 11.3 Å². The molecule has 32 heavy (non-hydrogen) atoms. The van der Waals surface area contributed by atoms with Gasteiger partial charge in [0.25, 0.3) is 0 Å². The van der Waals surface area contributed by atoms with Crippen molar-refractivity contribution in [1.82, 2.24) is 0 Å². The van der Waals surface area contributed by atoms with Gasteiger partial charge in [-0.15, -0.1) is 0 Å². The average molecular weight is 443 g/mol. The Morgan fingerprint density at radius 3 is 2.66 bits per heavy atom. The molecule has 0 spiro atoms. The molecule has 1 aliphatic heterocycles. The summed E-state index contributed by atoms with van der Waals surface area (Å²) in [6.07, 6.45) is 12.6. The van der Waals surface area contributed by atoms with Gasteiger partial charge in [0, 0.05) is 0 Å². The molecule has 0 radical (unpaired) electrons. The van der Waals surface area contributed by atoms with Crippen LogP contribution in [0.2, 0.25) is 0 Å². The zero-order valence-corrected chi connectivity index (χ0v) is 20.3. The van der Waals surface area contributed by atoms with E-state index >= 15 is 0 Å². The largest absolute Gasteiger partial charge is 0.508 e. The van der Waals surface area contributed by atoms with Crippen molar-refractivity contribution in [3.8, 4) is 11.5 Å². The van der Waals surface area contributed by atoms with Crippen LogP contribution in [-0.4, -0.2) is 27.3 Å². The first kappa shape index (κ1) is 25.9. The third-order valence-corrected chi connectivity index (χ3v) is 6.02. The minimum atomic E-state index is -0.878. The summed E-state index contributed by atoms with van der Waals surface area (Å²) in [5.74, 6) is 1.14. The molecule has 5 nitrogen and oxygen atoms in total. The Balaban J connectivity index is 1.83. The molecule has 0 aromatic heterocycles. The smallest absolute Gasteiger partial charge is 0.181 e. The van der Waals surface area contributed by atoms with E-state index in [-0.39, 0.29) is 11.4 Å². The fourth-order valence-corrected chi connectivity index (χ4v) is 3.81. The van der Waals surface area contributed by atoms with Gasteiger partial charge in [0.05, 0.1) is 0 Å². The number of carbonyl (C=O) groups is 1. The molecule has 1 aromatic rings. The van der Waals surface area contributed by atoms with Crippen molar-refractivity contribution in [2.45, 2.75) is 91.3 Å². The molecule has 176 valence electrons. The Kier molecular flexibility index (Phi) is 8.88. The van der Waals surface area contributed by atoms with E-state index in [9.17, 15) is 9.90 Å². The molecule has 0 amide bonds. The van der Waals surface area contributed by atoms with Gasteiger partial charge in [-0.2, -0.15) is 0 Å². The minimum absolute atomic E-state index is 0.0805. The standard InChI is InChI=1S/C27H38O5/c1-19(9-7-11-20(2)24(29)13-15-26(4,5)32-30)10-8-14-27(6)16-12-22-18-23(28)17-21(3)25(22)31-27/h10-11,13,15,17-18,28,30H,7-9,12,14,16H2,1-6H3/b15-13+,19-10+,20-11+/t27-/m1/s1. The maximum atomic E-state index is 12.2. The first-order valence-corrected chi connectivity index (χ1v) is 11.3. The van der Waals surface area contributed by atoms with Crippen molar-refractivity contribution < 1.29 is 24.8 Å². The lowest BCUT2D eigenvalue weighted by atomic mass is 9.87. The van der Waals surface area contributed by atoms with Crippen LogP contribution in [0.25, 0.3) is 0 Å². The van der Waals surface area contributed by atoms with Gasteiger partial charge in [-0.3, -0.25) is 10.1 Å². The number of carbonyl (C=O) groups excluding carboxylic acids is 1. The number of phenolic OH excluding ortho intramolecular Hbond substituents is 1. The molecule has 2 rings (SSSR count). The van der Waals surface area contributed by atoms with Crippen molar-refractivity contribution >= 4 is 5.78 Å². The highest BCUT2D eigenvalue weighted by atomic mass is 17.1. The highest BCUT2D eigenvalue weighted by Crippen LogP contribution is 2.39. The molecule has 0 saturated carbocycles. The van der Waals surface area contributed by atoms with Crippen molar-refractivity contribution in [2.75, 3.05) is 0 Å². The second kappa shape index (κ2) is 11.0. The first-order valence-electron chi connectivity index (χ1n) is 11.3. The van der Waals surface area contributed by atoms with Gasteiger partial charge in [0.2, 0.25) is 0 Å². The van der Waals surface area contributed by atoms with E-state index in [1.807, 2.05) is 19.1 Å². The summed E-state index contributed by atoms with van der Waals surface area (Å²) < 4.78 is 6.36. The second-order valence-electron chi connectivity index (χ2n) is 9.71. The summed E-state index contributed by atoms with van der Waals surface area (Å²) in [5, 5.41) is 18.6. The summed E-state index contributed by atoms with van der Waals surface area (Å²) in [6, 6.07) is 3.56. The Bertz CT molecular complexity index is 907. The first-order chi connectivity index (χ1) is 14.9. The van der Waals surface area contributed by atoms with Crippen molar-refractivity contribution in [1.29, 1.82) is 0 Å². The second-order valence-corrected chi connectivity index (χ2v) is 9.71. The molecule has 0 aliphatic carbocycles. The van der Waals surface area contributed by atoms with Crippen molar-refractivity contribution in [2.24, 2.45) is 0 Å². The number of phenols is 1. The Labute approximate surface area is 192 Å². The van der Waals surface area contributed by atoms with Crippen LogP contribution in [0.3, 0.4) is 0 Å². The quantitative estimate of drug-likeness (QED) is 0.184. The lowest BCUT2D eigenvalue weighted by Gasteiger charge is -2.36. The summed E-state index contributed by atoms with van der Waals surface area (Å²) in [6.45, 7) is 11.4. The molecule has 1 aliphatic rings. The van der Waals surface area contributed by atoms with E-state index in [1.165, 1.54) is 11.6 Å². The topological polar surface area (TPSA) is 76.0 Å². The maximum Gasteiger partial charge on any atom is 0.181 e. The fourth-order valence-electron chi connectivity index (χ4n) is 3.81. The number of aryl methyl sites for hydroxylation is 2. The van der Waals surface area contributed by atoms with Crippen LogP contribution in [0, 0.1) is 6.92 Å². The molecular formula is C27H38O5. The molecular weight excluding hydrogens is 404 g/mol. The van der Waals surface area contributed by atoms with Gasteiger partial charge in [0.15, 0.2) is 5.78 Å². The van der Waals surface area contributed by atoms with E-state index in [2.05, 4.69) is 24.8 Å². The fraction of sp³-hybridized carbons (Fsp3) is 0.519. The monoisotopic (exact) mass is 442 g/mol. The predicted octanol–water partition coefficient (Wildman–Crippen LogP) is 6.63. The lowest BCUT2D eigenvalue weighted by molar-refractivity contribution is -0.297. The summed E-state index contributed by atoms with van der Waals surface area (Å²) in [7, 11) is 0. The molecule has 5 heteroatoms. The van der Waals surface area contributed by atoms with Crippen LogP contribution >= 0.6 is 0 Å². The van der Waals surface area contributed by atoms with E-state index in [4.69, 9.17) is 9.99 Å². The van der Waals surface area contributed by atoms with E-state index < -0.39 is 5.60 Å². The SMILES string of the molecule is C/C(=C\CC[C@]1(C)CCc2cc(O)cc(C)c2O1)CC/C=C(\C)C(=O)/C=C/C(C)(C)OO. The van der Waals surface area contributed by atoms with Gasteiger partial charge in [0.1, 0.15) is 22.7 Å². The van der Waals surface area contributed by atoms with E-state index in [0.717, 1.165) is 55.4 Å². The number of ether oxygens (including phenoxy) is 1. The molecule has 0 unspecified atom stereocenters. The van der Waals surface area contributed by atoms with Crippen molar-refractivity contribution in [3.05, 3.63) is 58.7 Å². The van der Waals surface area contributed by atoms with Gasteiger partial charge in [-0.1, -0.05) is 17.7 Å². The molecule has 1 aromatic carbocycles. The van der Waals surface area contributed by atoms with Crippen LogP contribution in [-0.2, 0) is 16.1 Å². The van der Waals surface area contributed by atoms with Gasteiger partial charge >= 0.3 is 0 Å². The maximum absolute atomic E-state index is 12.2. The highest BCUT2D eigenvalue weighted by Gasteiger charge is 2.32. The van der Waals surface area contributed by atoms with Gasteiger partial charge < -0.3 is 9.84 Å². The molecule has 1 atom stereocenters. The average Bonchev–Trinajstić information content (AvgIpc) is 2.72. The molecule has 0 saturated heterocycles. The number of rotatable bonds is 10.